The standard InChI is InChI=1S/C13H21N3O2/c1-16-12(2-5-15-16)9-14-11-3-6-18-13(8-11)4-7-17-10-13/h2,5,11,14H,3-4,6-10H2,1H3. The fourth-order valence-corrected chi connectivity index (χ4v) is 2.89. The Bertz CT molecular complexity index is 399. The van der Waals surface area contributed by atoms with Crippen molar-refractivity contribution in [3.63, 3.8) is 0 Å². The number of nitrogens with one attached hydrogen (secondary N) is 1. The van der Waals surface area contributed by atoms with Crippen molar-refractivity contribution in [1.29, 1.82) is 0 Å². The van der Waals surface area contributed by atoms with Gasteiger partial charge in [-0.25, -0.2) is 0 Å². The normalized spacial score (nSPS) is 32.2. The Morgan fingerprint density at radius 1 is 1.56 bits per heavy atom. The van der Waals surface area contributed by atoms with Crippen LogP contribution in [0.3, 0.4) is 0 Å². The van der Waals surface area contributed by atoms with Crippen molar-refractivity contribution < 1.29 is 9.47 Å². The maximum atomic E-state index is 5.93. The highest BCUT2D eigenvalue weighted by Crippen LogP contribution is 2.32. The van der Waals surface area contributed by atoms with Crippen LogP contribution in [-0.2, 0) is 23.1 Å². The lowest BCUT2D eigenvalue weighted by Gasteiger charge is -2.37. The molecule has 2 unspecified atom stereocenters. The van der Waals surface area contributed by atoms with E-state index in [0.717, 1.165) is 45.6 Å². The summed E-state index contributed by atoms with van der Waals surface area (Å²) < 4.78 is 13.3. The molecule has 0 aromatic carbocycles. The van der Waals surface area contributed by atoms with Crippen molar-refractivity contribution in [1.82, 2.24) is 15.1 Å². The molecule has 18 heavy (non-hydrogen) atoms. The summed E-state index contributed by atoms with van der Waals surface area (Å²) in [6.45, 7) is 3.32. The van der Waals surface area contributed by atoms with Crippen LogP contribution < -0.4 is 5.32 Å². The molecule has 0 aliphatic carbocycles. The highest BCUT2D eigenvalue weighted by Gasteiger charge is 2.40. The predicted molar refractivity (Wildman–Crippen MR) is 67.2 cm³/mol. The minimum Gasteiger partial charge on any atom is -0.378 e. The van der Waals surface area contributed by atoms with Gasteiger partial charge in [-0.3, -0.25) is 4.68 Å². The molecule has 0 bridgehead atoms. The Morgan fingerprint density at radius 2 is 2.50 bits per heavy atom. The molecule has 1 N–H and O–H groups in total. The molecule has 5 heteroatoms. The van der Waals surface area contributed by atoms with Crippen molar-refractivity contribution in [2.75, 3.05) is 19.8 Å². The largest absolute Gasteiger partial charge is 0.378 e. The van der Waals surface area contributed by atoms with Crippen molar-refractivity contribution in [2.45, 2.75) is 37.5 Å². The first kappa shape index (κ1) is 12.1. The fourth-order valence-electron chi connectivity index (χ4n) is 2.89. The van der Waals surface area contributed by atoms with Crippen molar-refractivity contribution in [3.8, 4) is 0 Å². The Morgan fingerprint density at radius 3 is 3.22 bits per heavy atom. The van der Waals surface area contributed by atoms with E-state index in [-0.39, 0.29) is 5.60 Å². The van der Waals surface area contributed by atoms with E-state index in [1.54, 1.807) is 0 Å². The minimum absolute atomic E-state index is 0.0115. The molecule has 2 fully saturated rings. The van der Waals surface area contributed by atoms with Crippen LogP contribution in [0.15, 0.2) is 12.3 Å². The van der Waals surface area contributed by atoms with Gasteiger partial charge in [-0.1, -0.05) is 0 Å². The van der Waals surface area contributed by atoms with Crippen LogP contribution in [0.4, 0.5) is 0 Å². The molecule has 2 saturated heterocycles. The monoisotopic (exact) mass is 251 g/mol. The van der Waals surface area contributed by atoms with Gasteiger partial charge < -0.3 is 14.8 Å². The Kier molecular flexibility index (Phi) is 3.37. The van der Waals surface area contributed by atoms with Crippen LogP contribution in [0.25, 0.3) is 0 Å². The summed E-state index contributed by atoms with van der Waals surface area (Å²) in [5, 5.41) is 7.80. The third kappa shape index (κ3) is 2.43. The second kappa shape index (κ2) is 4.99. The van der Waals surface area contributed by atoms with E-state index in [2.05, 4.69) is 16.5 Å². The molecule has 0 radical (unpaired) electrons. The molecule has 3 heterocycles. The Balaban J connectivity index is 1.55. The van der Waals surface area contributed by atoms with Crippen LogP contribution in [0, 0.1) is 0 Å². The van der Waals surface area contributed by atoms with Gasteiger partial charge in [-0.15, -0.1) is 0 Å². The minimum atomic E-state index is -0.0115. The van der Waals surface area contributed by atoms with Gasteiger partial charge in [0.1, 0.15) is 0 Å². The van der Waals surface area contributed by atoms with Gasteiger partial charge >= 0.3 is 0 Å². The molecule has 2 aliphatic heterocycles. The van der Waals surface area contributed by atoms with Crippen LogP contribution in [0.2, 0.25) is 0 Å². The van der Waals surface area contributed by atoms with E-state index < -0.39 is 0 Å². The molecular weight excluding hydrogens is 230 g/mol. The Labute approximate surface area is 107 Å². The molecule has 0 saturated carbocycles. The smallest absolute Gasteiger partial charge is 0.0951 e. The third-order valence-electron chi connectivity index (χ3n) is 4.05. The predicted octanol–water partition coefficient (Wildman–Crippen LogP) is 0.848. The number of aryl methyl sites for hydroxylation is 1. The number of ether oxygens (including phenoxy) is 2. The highest BCUT2D eigenvalue weighted by atomic mass is 16.6. The SMILES string of the molecule is Cn1nccc1CNC1CCOC2(CCOC2)C1. The lowest BCUT2D eigenvalue weighted by atomic mass is 9.89. The molecule has 1 aromatic heterocycles. The summed E-state index contributed by atoms with van der Waals surface area (Å²) in [7, 11) is 1.98. The molecular formula is C13H21N3O2. The maximum Gasteiger partial charge on any atom is 0.0951 e. The third-order valence-corrected chi connectivity index (χ3v) is 4.05. The number of nitrogens with zero attached hydrogens (tertiary/aromatic N) is 2. The second-order valence-electron chi connectivity index (χ2n) is 5.35. The Hall–Kier alpha value is -0.910. The molecule has 1 spiro atoms. The second-order valence-corrected chi connectivity index (χ2v) is 5.35. The zero-order valence-corrected chi connectivity index (χ0v) is 10.9. The molecule has 1 aromatic rings. The summed E-state index contributed by atoms with van der Waals surface area (Å²) in [6.07, 6.45) is 5.02. The quantitative estimate of drug-likeness (QED) is 0.865. The lowest BCUT2D eigenvalue weighted by Crippen LogP contribution is -2.47. The molecule has 100 valence electrons. The van der Waals surface area contributed by atoms with E-state index in [4.69, 9.17) is 9.47 Å². The molecule has 0 amide bonds. The van der Waals surface area contributed by atoms with Crippen LogP contribution in [0.5, 0.6) is 0 Å². The molecule has 2 aliphatic rings. The lowest BCUT2D eigenvalue weighted by molar-refractivity contribution is -0.0895. The topological polar surface area (TPSA) is 48.3 Å². The van der Waals surface area contributed by atoms with Gasteiger partial charge in [0.2, 0.25) is 0 Å². The van der Waals surface area contributed by atoms with E-state index >= 15 is 0 Å². The maximum absolute atomic E-state index is 5.93. The fraction of sp³-hybridized carbons (Fsp3) is 0.769. The van der Waals surface area contributed by atoms with E-state index in [1.165, 1.54) is 5.69 Å². The average molecular weight is 251 g/mol. The van der Waals surface area contributed by atoms with E-state index in [1.807, 2.05) is 17.9 Å². The van der Waals surface area contributed by atoms with E-state index in [9.17, 15) is 0 Å². The van der Waals surface area contributed by atoms with Crippen molar-refractivity contribution >= 4 is 0 Å². The van der Waals surface area contributed by atoms with Gasteiger partial charge in [-0.2, -0.15) is 5.10 Å². The van der Waals surface area contributed by atoms with Gasteiger partial charge in [0.15, 0.2) is 0 Å². The van der Waals surface area contributed by atoms with Crippen LogP contribution in [0.1, 0.15) is 25.0 Å². The number of rotatable bonds is 3. The van der Waals surface area contributed by atoms with Gasteiger partial charge in [0.05, 0.1) is 17.9 Å². The summed E-state index contributed by atoms with van der Waals surface area (Å²) >= 11 is 0. The van der Waals surface area contributed by atoms with Gasteiger partial charge in [-0.05, 0) is 18.9 Å². The van der Waals surface area contributed by atoms with Gasteiger partial charge in [0, 0.05) is 45.5 Å². The first-order valence-corrected chi connectivity index (χ1v) is 6.69. The van der Waals surface area contributed by atoms with E-state index in [0.29, 0.717) is 6.04 Å². The summed E-state index contributed by atoms with van der Waals surface area (Å²) in [5.41, 5.74) is 1.21. The van der Waals surface area contributed by atoms with Crippen LogP contribution >= 0.6 is 0 Å². The zero-order valence-electron chi connectivity index (χ0n) is 10.9. The van der Waals surface area contributed by atoms with Crippen LogP contribution in [-0.4, -0.2) is 41.2 Å². The average Bonchev–Trinajstić information content (AvgIpc) is 2.97. The zero-order chi connectivity index (χ0) is 12.4. The first-order chi connectivity index (χ1) is 8.77. The molecule has 5 nitrogen and oxygen atoms in total. The summed E-state index contributed by atoms with van der Waals surface area (Å²) in [6, 6.07) is 2.58. The summed E-state index contributed by atoms with van der Waals surface area (Å²) in [5.74, 6) is 0. The number of aromatic nitrogens is 2. The molecule has 2 atom stereocenters. The highest BCUT2D eigenvalue weighted by molar-refractivity contribution is 5.00. The van der Waals surface area contributed by atoms with Crippen molar-refractivity contribution in [2.24, 2.45) is 7.05 Å². The molecule has 3 rings (SSSR count). The summed E-state index contributed by atoms with van der Waals surface area (Å²) in [4.78, 5) is 0. The van der Waals surface area contributed by atoms with Gasteiger partial charge in [0.25, 0.3) is 0 Å². The number of hydrogen-bond acceptors (Lipinski definition) is 4. The first-order valence-electron chi connectivity index (χ1n) is 6.69. The number of hydrogen-bond donors (Lipinski definition) is 1. The van der Waals surface area contributed by atoms with Crippen molar-refractivity contribution in [3.05, 3.63) is 18.0 Å².